The van der Waals surface area contributed by atoms with Crippen LogP contribution < -0.4 is 4.90 Å². The molecule has 6 nitrogen and oxygen atoms in total. The van der Waals surface area contributed by atoms with Crippen molar-refractivity contribution in [2.75, 3.05) is 33.3 Å². The van der Waals surface area contributed by atoms with Gasteiger partial charge in [0.25, 0.3) is 0 Å². The summed E-state index contributed by atoms with van der Waals surface area (Å²) in [6.07, 6.45) is 14.6. The van der Waals surface area contributed by atoms with E-state index in [4.69, 9.17) is 5.11 Å². The summed E-state index contributed by atoms with van der Waals surface area (Å²) >= 11 is 0. The molecule has 1 aliphatic rings. The first kappa shape index (κ1) is 28.0. The Bertz CT molecular complexity index is 677. The number of aliphatic hydroxyl groups excluding tert-OH is 1. The summed E-state index contributed by atoms with van der Waals surface area (Å²) in [5.74, 6) is 0. The Morgan fingerprint density at radius 2 is 1.58 bits per heavy atom. The molecule has 0 amide bonds. The average molecular weight is 457 g/mol. The minimum absolute atomic E-state index is 0.178. The Kier molecular flexibility index (Phi) is 14.3. The van der Waals surface area contributed by atoms with Crippen molar-refractivity contribution >= 4 is 10.1 Å². The van der Waals surface area contributed by atoms with Crippen LogP contribution in [-0.4, -0.2) is 62.4 Å². The van der Waals surface area contributed by atoms with E-state index in [0.717, 1.165) is 12.1 Å². The SMILES string of the molecule is CCCCCCCCCCCC1N(C)CC[NH+]1CCO.Cc1ccc(S(=O)(=O)[O-])cc1. The lowest BCUT2D eigenvalue weighted by molar-refractivity contribution is -0.918. The standard InChI is InChI=1S/C17H36N2O.C7H8O3S/c1-3-4-5-6-7-8-9-10-11-12-17-18(2)13-14-19(17)15-16-20;1-6-2-4-7(5-3-6)11(8,9)10/h17,20H,3-16H2,1-2H3;2-5H,1H3,(H,8,9,10). The number of hydrogen-bond acceptors (Lipinski definition) is 5. The highest BCUT2D eigenvalue weighted by molar-refractivity contribution is 7.85. The van der Waals surface area contributed by atoms with Crippen molar-refractivity contribution in [2.24, 2.45) is 0 Å². The molecule has 2 rings (SSSR count). The predicted molar refractivity (Wildman–Crippen MR) is 125 cm³/mol. The number of nitrogens with one attached hydrogen (secondary N) is 1. The van der Waals surface area contributed by atoms with Crippen LogP contribution in [0.3, 0.4) is 0 Å². The highest BCUT2D eigenvalue weighted by Crippen LogP contribution is 2.12. The van der Waals surface area contributed by atoms with E-state index in [-0.39, 0.29) is 4.90 Å². The number of aliphatic hydroxyl groups is 1. The van der Waals surface area contributed by atoms with Gasteiger partial charge in [-0.15, -0.1) is 0 Å². The summed E-state index contributed by atoms with van der Waals surface area (Å²) < 4.78 is 31.2. The van der Waals surface area contributed by atoms with Gasteiger partial charge in [0, 0.05) is 6.42 Å². The average Bonchev–Trinajstić information content (AvgIpc) is 3.07. The molecule has 2 unspecified atom stereocenters. The number of benzene rings is 1. The van der Waals surface area contributed by atoms with Crippen molar-refractivity contribution in [2.45, 2.75) is 89.1 Å². The fourth-order valence-corrected chi connectivity index (χ4v) is 4.64. The molecule has 180 valence electrons. The molecule has 1 heterocycles. The molecule has 0 aliphatic carbocycles. The molecule has 1 fully saturated rings. The normalized spacial score (nSPS) is 19.3. The van der Waals surface area contributed by atoms with Crippen LogP contribution in [-0.2, 0) is 10.1 Å². The third kappa shape index (κ3) is 12.0. The summed E-state index contributed by atoms with van der Waals surface area (Å²) in [5.41, 5.74) is 0.928. The number of aryl methyl sites for hydroxylation is 1. The number of hydrogen-bond donors (Lipinski definition) is 2. The van der Waals surface area contributed by atoms with Gasteiger partial charge in [0.15, 0.2) is 0 Å². The Morgan fingerprint density at radius 1 is 1.03 bits per heavy atom. The van der Waals surface area contributed by atoms with Gasteiger partial charge in [-0.1, -0.05) is 76.0 Å². The Balaban J connectivity index is 0.000000367. The van der Waals surface area contributed by atoms with Gasteiger partial charge in [-0.3, -0.25) is 4.90 Å². The molecule has 2 atom stereocenters. The van der Waals surface area contributed by atoms with E-state index in [1.54, 1.807) is 17.0 Å². The molecule has 0 radical (unpaired) electrons. The topological polar surface area (TPSA) is 85.1 Å². The Hall–Kier alpha value is -0.990. The van der Waals surface area contributed by atoms with E-state index >= 15 is 0 Å². The lowest BCUT2D eigenvalue weighted by atomic mass is 10.1. The summed E-state index contributed by atoms with van der Waals surface area (Å²) in [5, 5.41) is 9.12. The molecule has 0 saturated carbocycles. The zero-order valence-electron chi connectivity index (χ0n) is 19.8. The first-order valence-corrected chi connectivity index (χ1v) is 13.4. The van der Waals surface area contributed by atoms with Gasteiger partial charge >= 0.3 is 0 Å². The van der Waals surface area contributed by atoms with Crippen molar-refractivity contribution in [3.63, 3.8) is 0 Å². The molecule has 31 heavy (non-hydrogen) atoms. The van der Waals surface area contributed by atoms with E-state index in [0.29, 0.717) is 12.8 Å². The van der Waals surface area contributed by atoms with E-state index in [1.165, 1.54) is 89.4 Å². The van der Waals surface area contributed by atoms with Gasteiger partial charge in [0.2, 0.25) is 0 Å². The van der Waals surface area contributed by atoms with Crippen LogP contribution in [0.1, 0.15) is 76.7 Å². The molecular weight excluding hydrogens is 412 g/mol. The Labute approximate surface area is 190 Å². The van der Waals surface area contributed by atoms with Gasteiger partial charge < -0.3 is 14.6 Å². The number of unbranched alkanes of at least 4 members (excludes halogenated alkanes) is 8. The van der Waals surface area contributed by atoms with E-state index in [2.05, 4.69) is 18.9 Å². The second-order valence-electron chi connectivity index (χ2n) is 8.76. The molecule has 0 spiro atoms. The predicted octanol–water partition coefficient (Wildman–Crippen LogP) is 2.96. The molecule has 1 aliphatic heterocycles. The van der Waals surface area contributed by atoms with Gasteiger partial charge in [0.1, 0.15) is 22.8 Å². The van der Waals surface area contributed by atoms with E-state index in [9.17, 15) is 13.0 Å². The highest BCUT2D eigenvalue weighted by atomic mass is 32.2. The maximum Gasteiger partial charge on any atom is 0.143 e. The lowest BCUT2D eigenvalue weighted by Crippen LogP contribution is -3.15. The molecule has 2 N–H and O–H groups in total. The molecule has 0 bridgehead atoms. The van der Waals surface area contributed by atoms with Crippen LogP contribution in [0.15, 0.2) is 29.2 Å². The van der Waals surface area contributed by atoms with E-state index < -0.39 is 10.1 Å². The lowest BCUT2D eigenvalue weighted by Gasteiger charge is -2.24. The van der Waals surface area contributed by atoms with Gasteiger partial charge in [-0.25, -0.2) is 8.42 Å². The summed E-state index contributed by atoms with van der Waals surface area (Å²) in [6.45, 7) is 7.75. The van der Waals surface area contributed by atoms with Crippen molar-refractivity contribution in [1.29, 1.82) is 0 Å². The van der Waals surface area contributed by atoms with E-state index in [1.807, 2.05) is 6.92 Å². The zero-order chi connectivity index (χ0) is 23.1. The Morgan fingerprint density at radius 3 is 2.10 bits per heavy atom. The van der Waals surface area contributed by atoms with Crippen LogP contribution in [0.5, 0.6) is 0 Å². The number of quaternary nitrogens is 1. The molecule has 1 aromatic rings. The molecule has 1 saturated heterocycles. The zero-order valence-corrected chi connectivity index (χ0v) is 20.6. The van der Waals surface area contributed by atoms with Crippen molar-refractivity contribution in [1.82, 2.24) is 4.90 Å². The third-order valence-electron chi connectivity index (χ3n) is 6.11. The first-order chi connectivity index (χ1) is 14.8. The van der Waals surface area contributed by atoms with Crippen molar-refractivity contribution < 1.29 is 23.0 Å². The first-order valence-electron chi connectivity index (χ1n) is 12.0. The monoisotopic (exact) mass is 456 g/mol. The summed E-state index contributed by atoms with van der Waals surface area (Å²) in [7, 11) is -2.03. The third-order valence-corrected chi connectivity index (χ3v) is 6.96. The largest absolute Gasteiger partial charge is 0.744 e. The highest BCUT2D eigenvalue weighted by Gasteiger charge is 2.31. The van der Waals surface area contributed by atoms with Crippen LogP contribution in [0.2, 0.25) is 0 Å². The van der Waals surface area contributed by atoms with Gasteiger partial charge in [0.05, 0.1) is 24.6 Å². The van der Waals surface area contributed by atoms with Crippen LogP contribution >= 0.6 is 0 Å². The van der Waals surface area contributed by atoms with Crippen LogP contribution in [0.4, 0.5) is 0 Å². The second kappa shape index (κ2) is 15.8. The summed E-state index contributed by atoms with van der Waals surface area (Å²) in [4.78, 5) is 3.90. The smallest absolute Gasteiger partial charge is 0.143 e. The molecule has 7 heteroatoms. The quantitative estimate of drug-likeness (QED) is 0.352. The number of likely N-dealkylation sites (N-methyl/N-ethyl adjacent to an activating group) is 1. The van der Waals surface area contributed by atoms with Crippen molar-refractivity contribution in [3.8, 4) is 0 Å². The fourth-order valence-electron chi connectivity index (χ4n) is 4.17. The molecular formula is C24H44N2O4S. The maximum atomic E-state index is 10.4. The minimum Gasteiger partial charge on any atom is -0.744 e. The van der Waals surface area contributed by atoms with Crippen molar-refractivity contribution in [3.05, 3.63) is 29.8 Å². The summed E-state index contributed by atoms with van der Waals surface area (Å²) in [6, 6.07) is 5.78. The number of rotatable bonds is 13. The molecule has 0 aromatic heterocycles. The van der Waals surface area contributed by atoms with Crippen LogP contribution in [0, 0.1) is 6.92 Å². The second-order valence-corrected chi connectivity index (χ2v) is 10.1. The fraction of sp³-hybridized carbons (Fsp3) is 0.750. The van der Waals surface area contributed by atoms with Gasteiger partial charge in [-0.05, 0) is 32.5 Å². The van der Waals surface area contributed by atoms with Crippen LogP contribution in [0.25, 0.3) is 0 Å². The maximum absolute atomic E-state index is 10.4. The molecule has 1 aromatic carbocycles. The number of nitrogens with zero attached hydrogens (tertiary/aromatic N) is 1. The minimum atomic E-state index is -4.27. The van der Waals surface area contributed by atoms with Gasteiger partial charge in [-0.2, -0.15) is 0 Å².